The van der Waals surface area contributed by atoms with Crippen LogP contribution in [0.1, 0.15) is 41.9 Å². The Kier molecular flexibility index (Phi) is 6.04. The van der Waals surface area contributed by atoms with E-state index in [0.29, 0.717) is 11.3 Å². The number of pyridine rings is 1. The van der Waals surface area contributed by atoms with Crippen molar-refractivity contribution in [3.63, 3.8) is 0 Å². The van der Waals surface area contributed by atoms with Gasteiger partial charge in [0, 0.05) is 29.8 Å². The Balaban J connectivity index is 1.32. The van der Waals surface area contributed by atoms with Crippen molar-refractivity contribution in [1.29, 1.82) is 0 Å². The monoisotopic (exact) mass is 464 g/mol. The first-order valence-corrected chi connectivity index (χ1v) is 11.9. The average Bonchev–Trinajstić information content (AvgIpc) is 3.54. The van der Waals surface area contributed by atoms with Gasteiger partial charge in [-0.3, -0.25) is 5.10 Å². The van der Waals surface area contributed by atoms with Crippen LogP contribution in [0, 0.1) is 12.7 Å². The first-order chi connectivity index (χ1) is 16.1. The molecule has 7 nitrogen and oxygen atoms in total. The minimum Gasteiger partial charge on any atom is -0.487 e. The van der Waals surface area contributed by atoms with Gasteiger partial charge in [0.2, 0.25) is 0 Å². The summed E-state index contributed by atoms with van der Waals surface area (Å²) in [6, 6.07) is 13.1. The Bertz CT molecular complexity index is 1190. The van der Waals surface area contributed by atoms with Crippen LogP contribution in [0.15, 0.2) is 54.2 Å². The number of nitrogens with zero attached hydrogens (tertiary/aromatic N) is 4. The third kappa shape index (κ3) is 4.73. The Morgan fingerprint density at radius 2 is 2.00 bits per heavy atom. The number of hydrogen-bond acceptors (Lipinski definition) is 7. The molecular formula is C24H25FN6OS. The molecule has 0 amide bonds. The summed E-state index contributed by atoms with van der Waals surface area (Å²) < 4.78 is 20.5. The minimum absolute atomic E-state index is 0.0250. The van der Waals surface area contributed by atoms with Crippen LogP contribution in [-0.4, -0.2) is 31.5 Å². The number of aryl methyl sites for hydroxylation is 1. The fourth-order valence-corrected chi connectivity index (χ4v) is 5.29. The Morgan fingerprint density at radius 3 is 2.76 bits per heavy atom. The summed E-state index contributed by atoms with van der Waals surface area (Å²) in [6.07, 6.45) is 5.88. The molecule has 4 aromatic rings. The molecule has 1 aliphatic rings. The van der Waals surface area contributed by atoms with E-state index in [4.69, 9.17) is 9.72 Å². The van der Waals surface area contributed by atoms with E-state index in [-0.39, 0.29) is 17.3 Å². The van der Waals surface area contributed by atoms with Crippen molar-refractivity contribution in [2.24, 2.45) is 0 Å². The Labute approximate surface area is 195 Å². The second-order valence-corrected chi connectivity index (χ2v) is 9.34. The van der Waals surface area contributed by atoms with Crippen LogP contribution in [0.5, 0.6) is 5.75 Å². The van der Waals surface area contributed by atoms with Crippen molar-refractivity contribution in [1.82, 2.24) is 25.4 Å². The minimum atomic E-state index is -0.274. The summed E-state index contributed by atoms with van der Waals surface area (Å²) in [5.74, 6) is 1.53. The standard InChI is InChI=1S/C24H25FN6OS/c1-16-4-2-6-19(22(16)25)32-18-8-11-24(12-9-18,23-31-27-15-33-23)14-17-5-3-7-20(28-17)29-21-10-13-26-30-21/h2-7,10,13,15,18H,8-9,11-12,14H2,1H3,(H2,26,28,29,30)/t18-,24-. The highest BCUT2D eigenvalue weighted by Crippen LogP contribution is 2.43. The van der Waals surface area contributed by atoms with Gasteiger partial charge in [-0.1, -0.05) is 18.2 Å². The molecule has 0 radical (unpaired) electrons. The summed E-state index contributed by atoms with van der Waals surface area (Å²) in [6.45, 7) is 1.76. The van der Waals surface area contributed by atoms with E-state index in [0.717, 1.165) is 54.4 Å². The molecule has 0 unspecified atom stereocenters. The number of H-pyrrole nitrogens is 1. The molecule has 3 heterocycles. The molecule has 1 saturated carbocycles. The maximum Gasteiger partial charge on any atom is 0.167 e. The molecule has 0 atom stereocenters. The number of hydrogen-bond donors (Lipinski definition) is 2. The molecule has 5 rings (SSSR count). The summed E-state index contributed by atoms with van der Waals surface area (Å²) in [7, 11) is 0. The van der Waals surface area contributed by atoms with Crippen LogP contribution in [0.3, 0.4) is 0 Å². The van der Waals surface area contributed by atoms with Gasteiger partial charge >= 0.3 is 0 Å². The van der Waals surface area contributed by atoms with Crippen molar-refractivity contribution < 1.29 is 9.13 Å². The zero-order chi connectivity index (χ0) is 22.7. The average molecular weight is 465 g/mol. The number of aromatic amines is 1. The Hall–Kier alpha value is -3.33. The third-order valence-corrected chi connectivity index (χ3v) is 7.17. The van der Waals surface area contributed by atoms with Gasteiger partial charge in [0.1, 0.15) is 16.3 Å². The largest absolute Gasteiger partial charge is 0.487 e. The maximum atomic E-state index is 14.4. The predicted molar refractivity (Wildman–Crippen MR) is 125 cm³/mol. The van der Waals surface area contributed by atoms with E-state index in [2.05, 4.69) is 25.7 Å². The highest BCUT2D eigenvalue weighted by molar-refractivity contribution is 7.09. The first-order valence-electron chi connectivity index (χ1n) is 11.0. The fraction of sp³-hybridized carbons (Fsp3) is 0.333. The van der Waals surface area contributed by atoms with Gasteiger partial charge in [-0.2, -0.15) is 5.10 Å². The van der Waals surface area contributed by atoms with Gasteiger partial charge in [-0.05, 0) is 56.4 Å². The summed E-state index contributed by atoms with van der Waals surface area (Å²) in [5, 5.41) is 19.7. The molecule has 9 heteroatoms. The second-order valence-electron chi connectivity index (χ2n) is 8.50. The first kappa shape index (κ1) is 21.5. The number of ether oxygens (including phenoxy) is 1. The molecule has 33 heavy (non-hydrogen) atoms. The van der Waals surface area contributed by atoms with Crippen LogP contribution in [0.4, 0.5) is 16.0 Å². The van der Waals surface area contributed by atoms with Crippen molar-refractivity contribution in [3.8, 4) is 5.75 Å². The van der Waals surface area contributed by atoms with Gasteiger partial charge in [-0.25, -0.2) is 9.37 Å². The smallest absolute Gasteiger partial charge is 0.167 e. The zero-order valence-electron chi connectivity index (χ0n) is 18.3. The van der Waals surface area contributed by atoms with Crippen LogP contribution >= 0.6 is 11.3 Å². The molecule has 0 saturated heterocycles. The van der Waals surface area contributed by atoms with E-state index >= 15 is 0 Å². The molecule has 1 aliphatic carbocycles. The molecule has 0 bridgehead atoms. The number of nitrogens with one attached hydrogen (secondary N) is 2. The van der Waals surface area contributed by atoms with Crippen molar-refractivity contribution in [2.75, 3.05) is 5.32 Å². The number of anilines is 2. The summed E-state index contributed by atoms with van der Waals surface area (Å²) in [5.41, 5.74) is 3.20. The molecule has 0 aliphatic heterocycles. The summed E-state index contributed by atoms with van der Waals surface area (Å²) >= 11 is 1.58. The maximum absolute atomic E-state index is 14.4. The van der Waals surface area contributed by atoms with Crippen LogP contribution in [-0.2, 0) is 11.8 Å². The van der Waals surface area contributed by atoms with E-state index in [1.165, 1.54) is 0 Å². The number of halogens is 1. The topological polar surface area (TPSA) is 88.6 Å². The highest BCUT2D eigenvalue weighted by atomic mass is 32.1. The summed E-state index contributed by atoms with van der Waals surface area (Å²) in [4.78, 5) is 4.82. The molecule has 1 fully saturated rings. The molecule has 0 spiro atoms. The number of aromatic nitrogens is 5. The van der Waals surface area contributed by atoms with E-state index in [1.807, 2.05) is 30.3 Å². The van der Waals surface area contributed by atoms with Crippen LogP contribution < -0.4 is 10.1 Å². The molecule has 1 aromatic carbocycles. The zero-order valence-corrected chi connectivity index (χ0v) is 19.1. The van der Waals surface area contributed by atoms with Gasteiger partial charge in [0.25, 0.3) is 0 Å². The quantitative estimate of drug-likeness (QED) is 0.383. The molecule has 2 N–H and O–H groups in total. The lowest BCUT2D eigenvalue weighted by atomic mass is 9.70. The SMILES string of the molecule is Cc1cccc(O[C@H]2CC[C@](Cc3cccc(Nc4cc[nH]n4)n3)(c3nncs3)CC2)c1F. The predicted octanol–water partition coefficient (Wildman–Crippen LogP) is 5.35. The van der Waals surface area contributed by atoms with Crippen LogP contribution in [0.2, 0.25) is 0 Å². The van der Waals surface area contributed by atoms with Crippen LogP contribution in [0.25, 0.3) is 0 Å². The lowest BCUT2D eigenvalue weighted by molar-refractivity contribution is 0.110. The van der Waals surface area contributed by atoms with Gasteiger partial charge in [0.05, 0.1) is 6.10 Å². The Morgan fingerprint density at radius 1 is 1.15 bits per heavy atom. The molecule has 170 valence electrons. The number of rotatable bonds is 7. The highest BCUT2D eigenvalue weighted by Gasteiger charge is 2.40. The van der Waals surface area contributed by atoms with E-state index in [1.54, 1.807) is 42.1 Å². The van der Waals surface area contributed by atoms with Gasteiger partial charge < -0.3 is 10.1 Å². The van der Waals surface area contributed by atoms with Gasteiger partial charge in [0.15, 0.2) is 17.4 Å². The third-order valence-electron chi connectivity index (χ3n) is 6.24. The fourth-order valence-electron chi connectivity index (χ4n) is 4.48. The molecular weight excluding hydrogens is 439 g/mol. The lowest BCUT2D eigenvalue weighted by Gasteiger charge is -2.38. The van der Waals surface area contributed by atoms with Crippen molar-refractivity contribution in [2.45, 2.75) is 50.5 Å². The van der Waals surface area contributed by atoms with E-state index in [9.17, 15) is 4.39 Å². The normalized spacial score (nSPS) is 20.5. The second kappa shape index (κ2) is 9.27. The van der Waals surface area contributed by atoms with E-state index < -0.39 is 0 Å². The molecule has 3 aromatic heterocycles. The van der Waals surface area contributed by atoms with Gasteiger partial charge in [-0.15, -0.1) is 21.5 Å². The van der Waals surface area contributed by atoms with Crippen molar-refractivity contribution >= 4 is 23.0 Å². The number of benzene rings is 1. The lowest BCUT2D eigenvalue weighted by Crippen LogP contribution is -2.38. The van der Waals surface area contributed by atoms with Crippen molar-refractivity contribution in [3.05, 3.63) is 76.3 Å².